The maximum absolute atomic E-state index is 14.1. The molecular weight excluding hydrogens is 383 g/mol. The number of pyridine rings is 1. The zero-order chi connectivity index (χ0) is 20.9. The molecule has 1 aliphatic heterocycles. The molecule has 1 saturated heterocycles. The van der Waals surface area contributed by atoms with Crippen molar-refractivity contribution < 1.29 is 13.6 Å². The van der Waals surface area contributed by atoms with Crippen LogP contribution in [0.1, 0.15) is 29.9 Å². The number of nitrogens with one attached hydrogen (secondary N) is 1. The summed E-state index contributed by atoms with van der Waals surface area (Å²) in [5.74, 6) is 0.620. The van der Waals surface area contributed by atoms with E-state index in [0.29, 0.717) is 36.8 Å². The van der Waals surface area contributed by atoms with E-state index in [1.165, 1.54) is 6.07 Å². The lowest BCUT2D eigenvalue weighted by atomic mass is 9.97. The van der Waals surface area contributed by atoms with E-state index in [1.807, 2.05) is 19.1 Å². The van der Waals surface area contributed by atoms with Gasteiger partial charge in [-0.3, -0.25) is 14.7 Å². The van der Waals surface area contributed by atoms with Gasteiger partial charge in [0.15, 0.2) is 0 Å². The van der Waals surface area contributed by atoms with Crippen molar-refractivity contribution in [2.75, 3.05) is 13.1 Å². The van der Waals surface area contributed by atoms with Gasteiger partial charge in [-0.05, 0) is 50.1 Å². The lowest BCUT2D eigenvalue weighted by Gasteiger charge is -2.31. The Bertz CT molecular complexity index is 1010. The molecule has 3 aromatic rings. The summed E-state index contributed by atoms with van der Waals surface area (Å²) >= 11 is 0. The molecule has 0 spiro atoms. The van der Waals surface area contributed by atoms with Gasteiger partial charge in [0.2, 0.25) is 11.8 Å². The quantitative estimate of drug-likeness (QED) is 0.673. The SMILES string of the molecule is Cc1oc(-c2ccccc2F)nc1CN1CCCC(C(=O)NCc2cccnc2)C1. The molecule has 3 heterocycles. The molecule has 0 aliphatic carbocycles. The molecule has 1 atom stereocenters. The van der Waals surface area contributed by atoms with Crippen LogP contribution in [-0.4, -0.2) is 33.9 Å². The maximum atomic E-state index is 14.1. The topological polar surface area (TPSA) is 71.3 Å². The number of likely N-dealkylation sites (tertiary alicyclic amines) is 1. The molecule has 156 valence electrons. The minimum Gasteiger partial charge on any atom is -0.441 e. The molecule has 1 fully saturated rings. The molecule has 0 saturated carbocycles. The summed E-state index contributed by atoms with van der Waals surface area (Å²) in [6, 6.07) is 10.3. The fourth-order valence-electron chi connectivity index (χ4n) is 3.79. The van der Waals surface area contributed by atoms with E-state index in [0.717, 1.165) is 30.6 Å². The normalized spacial score (nSPS) is 17.1. The van der Waals surface area contributed by atoms with Gasteiger partial charge in [-0.25, -0.2) is 9.37 Å². The van der Waals surface area contributed by atoms with Crippen molar-refractivity contribution in [3.05, 3.63) is 71.6 Å². The zero-order valence-electron chi connectivity index (χ0n) is 17.0. The van der Waals surface area contributed by atoms with E-state index in [9.17, 15) is 9.18 Å². The molecule has 1 N–H and O–H groups in total. The number of benzene rings is 1. The number of hydrogen-bond acceptors (Lipinski definition) is 5. The van der Waals surface area contributed by atoms with Gasteiger partial charge in [-0.1, -0.05) is 18.2 Å². The number of aromatic nitrogens is 2. The second-order valence-electron chi connectivity index (χ2n) is 7.66. The monoisotopic (exact) mass is 408 g/mol. The van der Waals surface area contributed by atoms with Crippen LogP contribution in [0.5, 0.6) is 0 Å². The standard InChI is InChI=1S/C23H25FN4O2/c1-16-21(27-23(30-16)19-8-2-3-9-20(19)24)15-28-11-5-7-18(14-28)22(29)26-13-17-6-4-10-25-12-17/h2-4,6,8-10,12,18H,5,7,11,13-15H2,1H3,(H,26,29). The first kappa shape index (κ1) is 20.2. The van der Waals surface area contributed by atoms with Gasteiger partial charge in [0.1, 0.15) is 11.6 Å². The predicted molar refractivity (Wildman–Crippen MR) is 111 cm³/mol. The van der Waals surface area contributed by atoms with Crippen molar-refractivity contribution >= 4 is 5.91 Å². The Kier molecular flexibility index (Phi) is 6.18. The molecule has 1 unspecified atom stereocenters. The molecule has 4 rings (SSSR count). The first-order valence-corrected chi connectivity index (χ1v) is 10.2. The van der Waals surface area contributed by atoms with E-state index in [-0.39, 0.29) is 17.6 Å². The summed E-state index contributed by atoms with van der Waals surface area (Å²) in [6.07, 6.45) is 5.29. The minimum absolute atomic E-state index is 0.0614. The number of halogens is 1. The number of carbonyl (C=O) groups excluding carboxylic acids is 1. The second kappa shape index (κ2) is 9.17. The maximum Gasteiger partial charge on any atom is 0.229 e. The number of carbonyl (C=O) groups is 1. The fourth-order valence-corrected chi connectivity index (χ4v) is 3.79. The molecule has 1 amide bonds. The third kappa shape index (κ3) is 4.74. The zero-order valence-corrected chi connectivity index (χ0v) is 17.0. The van der Waals surface area contributed by atoms with E-state index in [4.69, 9.17) is 4.42 Å². The van der Waals surface area contributed by atoms with Crippen LogP contribution in [0.25, 0.3) is 11.5 Å². The Morgan fingerprint density at radius 1 is 1.30 bits per heavy atom. The number of rotatable bonds is 6. The van der Waals surface area contributed by atoms with Crippen molar-refractivity contribution in [3.8, 4) is 11.5 Å². The average molecular weight is 408 g/mol. The van der Waals surface area contributed by atoms with Crippen molar-refractivity contribution in [2.24, 2.45) is 5.92 Å². The van der Waals surface area contributed by atoms with E-state index >= 15 is 0 Å². The fraction of sp³-hybridized carbons (Fsp3) is 0.348. The summed E-state index contributed by atoms with van der Waals surface area (Å²) in [7, 11) is 0. The van der Waals surface area contributed by atoms with Crippen molar-refractivity contribution in [3.63, 3.8) is 0 Å². The second-order valence-corrected chi connectivity index (χ2v) is 7.66. The highest BCUT2D eigenvalue weighted by Gasteiger charge is 2.27. The first-order chi connectivity index (χ1) is 14.6. The van der Waals surface area contributed by atoms with Gasteiger partial charge >= 0.3 is 0 Å². The smallest absolute Gasteiger partial charge is 0.229 e. The summed E-state index contributed by atoms with van der Waals surface area (Å²) in [6.45, 7) is 4.47. The molecule has 1 aromatic carbocycles. The number of oxazole rings is 1. The summed E-state index contributed by atoms with van der Waals surface area (Å²) in [5.41, 5.74) is 2.13. The summed E-state index contributed by atoms with van der Waals surface area (Å²) in [5, 5.41) is 3.01. The van der Waals surface area contributed by atoms with Gasteiger partial charge in [-0.15, -0.1) is 0 Å². The highest BCUT2D eigenvalue weighted by molar-refractivity contribution is 5.78. The molecule has 0 radical (unpaired) electrons. The van der Waals surface area contributed by atoms with Crippen LogP contribution in [-0.2, 0) is 17.9 Å². The van der Waals surface area contributed by atoms with Crippen LogP contribution < -0.4 is 5.32 Å². The summed E-state index contributed by atoms with van der Waals surface area (Å²) < 4.78 is 19.8. The number of piperidine rings is 1. The third-order valence-corrected chi connectivity index (χ3v) is 5.44. The van der Waals surface area contributed by atoms with Gasteiger partial charge < -0.3 is 9.73 Å². The van der Waals surface area contributed by atoms with Crippen LogP contribution in [0, 0.1) is 18.7 Å². The molecule has 0 bridgehead atoms. The average Bonchev–Trinajstić information content (AvgIpc) is 3.13. The van der Waals surface area contributed by atoms with Crippen LogP contribution in [0.4, 0.5) is 4.39 Å². The van der Waals surface area contributed by atoms with Gasteiger partial charge in [0, 0.05) is 32.0 Å². The highest BCUT2D eigenvalue weighted by atomic mass is 19.1. The molecule has 6 nitrogen and oxygen atoms in total. The van der Waals surface area contributed by atoms with Crippen LogP contribution >= 0.6 is 0 Å². The lowest BCUT2D eigenvalue weighted by molar-refractivity contribution is -0.127. The van der Waals surface area contributed by atoms with E-state index in [1.54, 1.807) is 30.6 Å². The molecular formula is C23H25FN4O2. The Balaban J connectivity index is 1.37. The largest absolute Gasteiger partial charge is 0.441 e. The van der Waals surface area contributed by atoms with Gasteiger partial charge in [-0.2, -0.15) is 0 Å². The predicted octanol–water partition coefficient (Wildman–Crippen LogP) is 3.71. The van der Waals surface area contributed by atoms with Crippen molar-refractivity contribution in [1.29, 1.82) is 0 Å². The number of hydrogen-bond donors (Lipinski definition) is 1. The Morgan fingerprint density at radius 2 is 2.17 bits per heavy atom. The minimum atomic E-state index is -0.353. The lowest BCUT2D eigenvalue weighted by Crippen LogP contribution is -2.42. The Morgan fingerprint density at radius 3 is 2.97 bits per heavy atom. The first-order valence-electron chi connectivity index (χ1n) is 10.2. The number of aryl methyl sites for hydroxylation is 1. The van der Waals surface area contributed by atoms with Crippen LogP contribution in [0.15, 0.2) is 53.2 Å². The molecule has 7 heteroatoms. The summed E-state index contributed by atoms with van der Waals surface area (Å²) in [4.78, 5) is 23.4. The third-order valence-electron chi connectivity index (χ3n) is 5.44. The molecule has 2 aromatic heterocycles. The highest BCUT2D eigenvalue weighted by Crippen LogP contribution is 2.26. The van der Waals surface area contributed by atoms with Gasteiger partial charge in [0.25, 0.3) is 0 Å². The van der Waals surface area contributed by atoms with Crippen LogP contribution in [0.3, 0.4) is 0 Å². The Hall–Kier alpha value is -3.06. The van der Waals surface area contributed by atoms with Gasteiger partial charge in [0.05, 0.1) is 17.2 Å². The van der Waals surface area contributed by atoms with Crippen molar-refractivity contribution in [2.45, 2.75) is 32.9 Å². The van der Waals surface area contributed by atoms with E-state index in [2.05, 4.69) is 20.2 Å². The Labute approximate surface area is 175 Å². The van der Waals surface area contributed by atoms with Crippen molar-refractivity contribution in [1.82, 2.24) is 20.2 Å². The molecule has 30 heavy (non-hydrogen) atoms. The van der Waals surface area contributed by atoms with E-state index < -0.39 is 0 Å². The number of nitrogens with zero attached hydrogens (tertiary/aromatic N) is 3. The molecule has 1 aliphatic rings. The number of amides is 1. The van der Waals surface area contributed by atoms with Crippen LogP contribution in [0.2, 0.25) is 0 Å².